The van der Waals surface area contributed by atoms with Crippen LogP contribution >= 0.6 is 0 Å². The lowest BCUT2D eigenvalue weighted by Crippen LogP contribution is -2.36. The number of piperidine rings is 1. The first-order valence-corrected chi connectivity index (χ1v) is 7.35. The first kappa shape index (κ1) is 14.0. The molecule has 0 saturated carbocycles. The van der Waals surface area contributed by atoms with Crippen molar-refractivity contribution >= 4 is 0 Å². The largest absolute Gasteiger partial charge is 0.316 e. The summed E-state index contributed by atoms with van der Waals surface area (Å²) in [5.74, 6) is 0.883. The van der Waals surface area contributed by atoms with Crippen LogP contribution in [0.5, 0.6) is 0 Å². The smallest absolute Gasteiger partial charge is 0.000837 e. The van der Waals surface area contributed by atoms with E-state index in [4.69, 9.17) is 0 Å². The van der Waals surface area contributed by atoms with Crippen LogP contribution in [0.15, 0.2) is 0 Å². The van der Waals surface area contributed by atoms with Crippen molar-refractivity contribution in [1.29, 1.82) is 0 Å². The maximum atomic E-state index is 3.61. The maximum Gasteiger partial charge on any atom is -0.000837 e. The predicted octanol–water partition coefficient (Wildman–Crippen LogP) is 2.94. The Hall–Kier alpha value is -0.0800. The highest BCUT2D eigenvalue weighted by Crippen LogP contribution is 2.08. The van der Waals surface area contributed by atoms with E-state index in [0.717, 1.165) is 5.92 Å². The summed E-state index contributed by atoms with van der Waals surface area (Å²) in [5.41, 5.74) is 0. The molecule has 2 nitrogen and oxygen atoms in total. The zero-order valence-electron chi connectivity index (χ0n) is 11.1. The van der Waals surface area contributed by atoms with Crippen LogP contribution in [0.2, 0.25) is 0 Å². The fraction of sp³-hybridized carbons (Fsp3) is 1.00. The Kier molecular flexibility index (Phi) is 8.83. The van der Waals surface area contributed by atoms with Gasteiger partial charge in [-0.1, -0.05) is 39.0 Å². The van der Waals surface area contributed by atoms with Crippen molar-refractivity contribution in [3.8, 4) is 0 Å². The quantitative estimate of drug-likeness (QED) is 0.591. The fourth-order valence-electron chi connectivity index (χ4n) is 2.43. The van der Waals surface area contributed by atoms with E-state index in [1.165, 1.54) is 77.5 Å². The third kappa shape index (κ3) is 7.24. The van der Waals surface area contributed by atoms with E-state index >= 15 is 0 Å². The Morgan fingerprint density at radius 1 is 1.12 bits per heavy atom. The third-order valence-corrected chi connectivity index (χ3v) is 3.54. The molecule has 0 bridgehead atoms. The summed E-state index contributed by atoms with van der Waals surface area (Å²) >= 11 is 0. The minimum Gasteiger partial charge on any atom is -0.316 e. The Balaban J connectivity index is 1.77. The molecule has 1 atom stereocenters. The Bertz CT molecular complexity index is 142. The molecule has 1 aliphatic rings. The van der Waals surface area contributed by atoms with Crippen molar-refractivity contribution in [3.63, 3.8) is 0 Å². The Morgan fingerprint density at radius 3 is 2.69 bits per heavy atom. The van der Waals surface area contributed by atoms with Gasteiger partial charge < -0.3 is 10.6 Å². The SMILES string of the molecule is CCCCCCCCNCC1CCCNC1. The molecule has 0 aliphatic carbocycles. The lowest BCUT2D eigenvalue weighted by molar-refractivity contribution is 0.359. The van der Waals surface area contributed by atoms with E-state index in [2.05, 4.69) is 17.6 Å². The second kappa shape index (κ2) is 10.1. The van der Waals surface area contributed by atoms with E-state index in [-0.39, 0.29) is 0 Å². The molecular formula is C14H30N2. The van der Waals surface area contributed by atoms with Gasteiger partial charge in [0.25, 0.3) is 0 Å². The highest BCUT2D eigenvalue weighted by Gasteiger charge is 2.11. The molecule has 1 aliphatic heterocycles. The molecule has 1 saturated heterocycles. The summed E-state index contributed by atoms with van der Waals surface area (Å²) in [6.45, 7) is 7.18. The second-order valence-electron chi connectivity index (χ2n) is 5.18. The van der Waals surface area contributed by atoms with E-state index in [1.54, 1.807) is 0 Å². The van der Waals surface area contributed by atoms with Crippen molar-refractivity contribution in [3.05, 3.63) is 0 Å². The topological polar surface area (TPSA) is 24.1 Å². The monoisotopic (exact) mass is 226 g/mol. The Morgan fingerprint density at radius 2 is 1.94 bits per heavy atom. The molecule has 1 heterocycles. The maximum absolute atomic E-state index is 3.61. The molecule has 0 radical (unpaired) electrons. The summed E-state index contributed by atoms with van der Waals surface area (Å²) < 4.78 is 0. The van der Waals surface area contributed by atoms with Crippen molar-refractivity contribution < 1.29 is 0 Å². The van der Waals surface area contributed by atoms with Gasteiger partial charge in [-0.2, -0.15) is 0 Å². The highest BCUT2D eigenvalue weighted by molar-refractivity contribution is 4.70. The number of hydrogen-bond acceptors (Lipinski definition) is 2. The molecule has 1 fully saturated rings. The number of unbranched alkanes of at least 4 members (excludes halogenated alkanes) is 5. The number of nitrogens with one attached hydrogen (secondary N) is 2. The van der Waals surface area contributed by atoms with Crippen LogP contribution in [0.25, 0.3) is 0 Å². The second-order valence-corrected chi connectivity index (χ2v) is 5.18. The molecular weight excluding hydrogens is 196 g/mol. The van der Waals surface area contributed by atoms with E-state index < -0.39 is 0 Å². The number of hydrogen-bond donors (Lipinski definition) is 2. The van der Waals surface area contributed by atoms with Gasteiger partial charge in [-0.25, -0.2) is 0 Å². The fourth-order valence-corrected chi connectivity index (χ4v) is 2.43. The van der Waals surface area contributed by atoms with Crippen LogP contribution in [-0.4, -0.2) is 26.2 Å². The average molecular weight is 226 g/mol. The summed E-state index contributed by atoms with van der Waals surface area (Å²) in [4.78, 5) is 0. The lowest BCUT2D eigenvalue weighted by atomic mass is 10.00. The van der Waals surface area contributed by atoms with E-state index in [9.17, 15) is 0 Å². The summed E-state index contributed by atoms with van der Waals surface area (Å²) in [7, 11) is 0. The predicted molar refractivity (Wildman–Crippen MR) is 71.8 cm³/mol. The molecule has 0 aromatic rings. The highest BCUT2D eigenvalue weighted by atomic mass is 14.9. The molecule has 16 heavy (non-hydrogen) atoms. The van der Waals surface area contributed by atoms with Gasteiger partial charge in [0.15, 0.2) is 0 Å². The molecule has 0 amide bonds. The molecule has 0 spiro atoms. The zero-order chi connectivity index (χ0) is 11.5. The van der Waals surface area contributed by atoms with Crippen molar-refractivity contribution in [2.45, 2.75) is 58.3 Å². The van der Waals surface area contributed by atoms with Crippen LogP contribution in [0.1, 0.15) is 58.3 Å². The van der Waals surface area contributed by atoms with Gasteiger partial charge in [0.1, 0.15) is 0 Å². The summed E-state index contributed by atoms with van der Waals surface area (Å²) in [6.07, 6.45) is 11.2. The summed E-state index contributed by atoms with van der Waals surface area (Å²) in [6, 6.07) is 0. The van der Waals surface area contributed by atoms with Gasteiger partial charge in [-0.3, -0.25) is 0 Å². The van der Waals surface area contributed by atoms with Crippen LogP contribution in [0.3, 0.4) is 0 Å². The molecule has 0 aromatic carbocycles. The van der Waals surface area contributed by atoms with Crippen molar-refractivity contribution in [2.24, 2.45) is 5.92 Å². The molecule has 0 aromatic heterocycles. The zero-order valence-corrected chi connectivity index (χ0v) is 11.1. The van der Waals surface area contributed by atoms with Gasteiger partial charge in [0, 0.05) is 0 Å². The van der Waals surface area contributed by atoms with Crippen LogP contribution in [-0.2, 0) is 0 Å². The standard InChI is InChI=1S/C14H30N2/c1-2-3-4-5-6-7-10-15-12-14-9-8-11-16-13-14/h14-16H,2-13H2,1H3. The number of rotatable bonds is 9. The van der Waals surface area contributed by atoms with Crippen LogP contribution in [0, 0.1) is 5.92 Å². The average Bonchev–Trinajstić information content (AvgIpc) is 2.34. The molecule has 1 unspecified atom stereocenters. The minimum absolute atomic E-state index is 0.883. The molecule has 2 N–H and O–H groups in total. The van der Waals surface area contributed by atoms with Gasteiger partial charge in [-0.15, -0.1) is 0 Å². The van der Waals surface area contributed by atoms with Gasteiger partial charge in [-0.05, 0) is 51.4 Å². The minimum atomic E-state index is 0.883. The van der Waals surface area contributed by atoms with Crippen LogP contribution in [0.4, 0.5) is 0 Å². The van der Waals surface area contributed by atoms with E-state index in [0.29, 0.717) is 0 Å². The normalized spacial score (nSPS) is 21.2. The van der Waals surface area contributed by atoms with Crippen molar-refractivity contribution in [2.75, 3.05) is 26.2 Å². The van der Waals surface area contributed by atoms with E-state index in [1.807, 2.05) is 0 Å². The Labute approximate surface area is 102 Å². The summed E-state index contributed by atoms with van der Waals surface area (Å²) in [5, 5.41) is 7.08. The van der Waals surface area contributed by atoms with Gasteiger partial charge in [0.05, 0.1) is 0 Å². The molecule has 1 rings (SSSR count). The van der Waals surface area contributed by atoms with Crippen molar-refractivity contribution in [1.82, 2.24) is 10.6 Å². The van der Waals surface area contributed by atoms with Crippen LogP contribution < -0.4 is 10.6 Å². The first-order chi connectivity index (χ1) is 7.93. The first-order valence-electron chi connectivity index (χ1n) is 7.35. The molecule has 2 heteroatoms. The van der Waals surface area contributed by atoms with Gasteiger partial charge in [0.2, 0.25) is 0 Å². The molecule has 96 valence electrons. The lowest BCUT2D eigenvalue weighted by Gasteiger charge is -2.22. The third-order valence-electron chi connectivity index (χ3n) is 3.54. The van der Waals surface area contributed by atoms with Gasteiger partial charge >= 0.3 is 0 Å².